The Morgan fingerprint density at radius 2 is 2.42 bits per heavy atom. The average Bonchev–Trinajstić information content (AvgIpc) is 2.36. The van der Waals surface area contributed by atoms with E-state index in [1.54, 1.807) is 0 Å². The smallest absolute Gasteiger partial charge is 0.0492 e. The van der Waals surface area contributed by atoms with Crippen molar-refractivity contribution in [3.63, 3.8) is 0 Å². The monoisotopic (exact) mass is 186 g/mol. The molecule has 0 amide bonds. The van der Waals surface area contributed by atoms with E-state index in [-0.39, 0.29) is 0 Å². The lowest BCUT2D eigenvalue weighted by molar-refractivity contribution is 0.656. The van der Waals surface area contributed by atoms with E-state index < -0.39 is 0 Å². The van der Waals surface area contributed by atoms with Gasteiger partial charge in [-0.05, 0) is 32.3 Å². The molecule has 0 aliphatic carbocycles. The van der Waals surface area contributed by atoms with Crippen LogP contribution >= 0.6 is 11.6 Å². The zero-order valence-corrected chi connectivity index (χ0v) is 8.38. The highest BCUT2D eigenvalue weighted by molar-refractivity contribution is 6.20. The van der Waals surface area contributed by atoms with Gasteiger partial charge in [-0.25, -0.2) is 0 Å². The fourth-order valence-electron chi connectivity index (χ4n) is 1.21. The van der Waals surface area contributed by atoms with E-state index in [2.05, 4.69) is 11.2 Å². The SMILES string of the molecule is CC(Cl)CCCc1ccnn1C. The third kappa shape index (κ3) is 2.86. The van der Waals surface area contributed by atoms with Crippen molar-refractivity contribution >= 4 is 11.6 Å². The first kappa shape index (κ1) is 9.59. The van der Waals surface area contributed by atoms with Crippen molar-refractivity contribution in [1.82, 2.24) is 9.78 Å². The minimum absolute atomic E-state index is 0.290. The van der Waals surface area contributed by atoms with Gasteiger partial charge in [-0.2, -0.15) is 5.10 Å². The van der Waals surface area contributed by atoms with Gasteiger partial charge in [-0.3, -0.25) is 4.68 Å². The summed E-state index contributed by atoms with van der Waals surface area (Å²) < 4.78 is 1.92. The van der Waals surface area contributed by atoms with E-state index in [1.165, 1.54) is 5.69 Å². The molecule has 0 saturated heterocycles. The number of hydrogen-bond acceptors (Lipinski definition) is 1. The van der Waals surface area contributed by atoms with Crippen molar-refractivity contribution in [1.29, 1.82) is 0 Å². The van der Waals surface area contributed by atoms with Crippen molar-refractivity contribution in [2.45, 2.75) is 31.6 Å². The van der Waals surface area contributed by atoms with Gasteiger partial charge < -0.3 is 0 Å². The molecule has 1 unspecified atom stereocenters. The fourth-order valence-corrected chi connectivity index (χ4v) is 1.37. The molecule has 0 fully saturated rings. The topological polar surface area (TPSA) is 17.8 Å². The van der Waals surface area contributed by atoms with Crippen LogP contribution in [0, 0.1) is 0 Å². The standard InChI is InChI=1S/C9H15ClN2/c1-8(10)4-3-5-9-6-7-11-12(9)2/h6-8H,3-5H2,1-2H3. The van der Waals surface area contributed by atoms with Crippen molar-refractivity contribution in [2.24, 2.45) is 7.05 Å². The Kier molecular flexibility index (Phi) is 3.60. The van der Waals surface area contributed by atoms with E-state index in [0.29, 0.717) is 5.38 Å². The molecule has 0 aromatic carbocycles. The first-order valence-corrected chi connectivity index (χ1v) is 4.74. The summed E-state index contributed by atoms with van der Waals surface area (Å²) >= 11 is 5.84. The highest BCUT2D eigenvalue weighted by atomic mass is 35.5. The number of aryl methyl sites for hydroxylation is 2. The molecular formula is C9H15ClN2. The second-order valence-electron chi connectivity index (χ2n) is 3.12. The predicted molar refractivity (Wildman–Crippen MR) is 51.5 cm³/mol. The minimum atomic E-state index is 0.290. The first-order valence-electron chi connectivity index (χ1n) is 4.31. The maximum Gasteiger partial charge on any atom is 0.0492 e. The number of nitrogens with zero attached hydrogens (tertiary/aromatic N) is 2. The van der Waals surface area contributed by atoms with Gasteiger partial charge in [-0.1, -0.05) is 0 Å². The van der Waals surface area contributed by atoms with Gasteiger partial charge in [0.25, 0.3) is 0 Å². The summed E-state index contributed by atoms with van der Waals surface area (Å²) in [4.78, 5) is 0. The molecule has 3 heteroatoms. The van der Waals surface area contributed by atoms with Gasteiger partial charge in [0.1, 0.15) is 0 Å². The molecule has 2 nitrogen and oxygen atoms in total. The highest BCUT2D eigenvalue weighted by Crippen LogP contribution is 2.08. The molecule has 0 saturated carbocycles. The Balaban J connectivity index is 2.29. The van der Waals surface area contributed by atoms with Crippen molar-refractivity contribution in [3.8, 4) is 0 Å². The molecule has 12 heavy (non-hydrogen) atoms. The predicted octanol–water partition coefficient (Wildman–Crippen LogP) is 2.37. The Labute approximate surface area is 78.5 Å². The summed E-state index contributed by atoms with van der Waals surface area (Å²) in [5, 5.41) is 4.39. The van der Waals surface area contributed by atoms with Crippen LogP contribution in [-0.4, -0.2) is 15.2 Å². The molecule has 0 radical (unpaired) electrons. The Morgan fingerprint density at radius 3 is 2.92 bits per heavy atom. The van der Waals surface area contributed by atoms with E-state index in [9.17, 15) is 0 Å². The van der Waals surface area contributed by atoms with Gasteiger partial charge >= 0.3 is 0 Å². The van der Waals surface area contributed by atoms with E-state index in [1.807, 2.05) is 24.9 Å². The molecule has 0 aliphatic heterocycles. The average molecular weight is 187 g/mol. The molecule has 1 heterocycles. The third-order valence-corrected chi connectivity index (χ3v) is 2.18. The summed E-state index contributed by atoms with van der Waals surface area (Å²) in [6, 6.07) is 2.05. The number of aromatic nitrogens is 2. The quantitative estimate of drug-likeness (QED) is 0.661. The van der Waals surface area contributed by atoms with Crippen LogP contribution in [0.3, 0.4) is 0 Å². The Hall–Kier alpha value is -0.500. The van der Waals surface area contributed by atoms with Gasteiger partial charge in [0, 0.05) is 24.3 Å². The second kappa shape index (κ2) is 4.51. The van der Waals surface area contributed by atoms with E-state index in [0.717, 1.165) is 19.3 Å². The maximum absolute atomic E-state index is 5.84. The van der Waals surface area contributed by atoms with Crippen LogP contribution in [0.15, 0.2) is 12.3 Å². The van der Waals surface area contributed by atoms with E-state index >= 15 is 0 Å². The number of alkyl halides is 1. The van der Waals surface area contributed by atoms with Crippen molar-refractivity contribution < 1.29 is 0 Å². The Bertz CT molecular complexity index is 230. The van der Waals surface area contributed by atoms with Crippen molar-refractivity contribution in [3.05, 3.63) is 18.0 Å². The van der Waals surface area contributed by atoms with Crippen LogP contribution in [0.25, 0.3) is 0 Å². The number of halogens is 1. The lowest BCUT2D eigenvalue weighted by Gasteiger charge is -2.02. The van der Waals surface area contributed by atoms with Gasteiger partial charge in [0.15, 0.2) is 0 Å². The van der Waals surface area contributed by atoms with Crippen LogP contribution < -0.4 is 0 Å². The van der Waals surface area contributed by atoms with Crippen LogP contribution in [0.1, 0.15) is 25.5 Å². The zero-order valence-electron chi connectivity index (χ0n) is 7.63. The van der Waals surface area contributed by atoms with Gasteiger partial charge in [0.2, 0.25) is 0 Å². The fraction of sp³-hybridized carbons (Fsp3) is 0.667. The maximum atomic E-state index is 5.84. The molecule has 1 aromatic heterocycles. The van der Waals surface area contributed by atoms with E-state index in [4.69, 9.17) is 11.6 Å². The summed E-state index contributed by atoms with van der Waals surface area (Å²) in [5.74, 6) is 0. The second-order valence-corrected chi connectivity index (χ2v) is 3.86. The molecule has 0 spiro atoms. The molecule has 0 aliphatic rings. The highest BCUT2D eigenvalue weighted by Gasteiger charge is 2.00. The summed E-state index contributed by atoms with van der Waals surface area (Å²) in [6.07, 6.45) is 5.13. The van der Waals surface area contributed by atoms with Crippen LogP contribution in [0.2, 0.25) is 0 Å². The molecule has 1 aromatic rings. The molecule has 68 valence electrons. The normalized spacial score (nSPS) is 13.2. The molecule has 0 N–H and O–H groups in total. The largest absolute Gasteiger partial charge is 0.273 e. The van der Waals surface area contributed by atoms with Crippen LogP contribution in [0.4, 0.5) is 0 Å². The lowest BCUT2D eigenvalue weighted by Crippen LogP contribution is -1.99. The minimum Gasteiger partial charge on any atom is -0.273 e. The summed E-state index contributed by atoms with van der Waals surface area (Å²) in [7, 11) is 1.97. The number of rotatable bonds is 4. The first-order chi connectivity index (χ1) is 5.70. The van der Waals surface area contributed by atoms with Crippen LogP contribution in [-0.2, 0) is 13.5 Å². The third-order valence-electron chi connectivity index (χ3n) is 1.96. The summed E-state index contributed by atoms with van der Waals surface area (Å²) in [5.41, 5.74) is 1.28. The molecular weight excluding hydrogens is 172 g/mol. The molecule has 1 rings (SSSR count). The van der Waals surface area contributed by atoms with Crippen LogP contribution in [0.5, 0.6) is 0 Å². The zero-order chi connectivity index (χ0) is 8.97. The molecule has 0 bridgehead atoms. The summed E-state index contributed by atoms with van der Waals surface area (Å²) in [6.45, 7) is 2.03. The Morgan fingerprint density at radius 1 is 1.67 bits per heavy atom. The molecule has 1 atom stereocenters. The van der Waals surface area contributed by atoms with Gasteiger partial charge in [-0.15, -0.1) is 11.6 Å². The van der Waals surface area contributed by atoms with Gasteiger partial charge in [0.05, 0.1) is 0 Å². The van der Waals surface area contributed by atoms with Crippen molar-refractivity contribution in [2.75, 3.05) is 0 Å². The lowest BCUT2D eigenvalue weighted by atomic mass is 10.1. The number of hydrogen-bond donors (Lipinski definition) is 0.